The van der Waals surface area contributed by atoms with Crippen molar-refractivity contribution in [1.82, 2.24) is 25.9 Å². The van der Waals surface area contributed by atoms with E-state index in [9.17, 15) is 34.2 Å². The molecule has 218 valence electrons. The van der Waals surface area contributed by atoms with E-state index in [0.717, 1.165) is 0 Å². The number of nitrogens with zero attached hydrogens (tertiary/aromatic N) is 1. The molecule has 0 fully saturated rings. The van der Waals surface area contributed by atoms with Crippen LogP contribution in [0, 0.1) is 5.92 Å². The number of benzene rings is 1. The minimum Gasteiger partial charge on any atom is -0.508 e. The highest BCUT2D eigenvalue weighted by molar-refractivity contribution is 5.94. The lowest BCUT2D eigenvalue weighted by molar-refractivity contribution is -0.143. The molecule has 14 heteroatoms. The largest absolute Gasteiger partial charge is 0.508 e. The normalized spacial score (nSPS) is 14.0. The predicted molar refractivity (Wildman–Crippen MR) is 143 cm³/mol. The number of carboxylic acids is 1. The molecular formula is C26H37N7O7. The van der Waals surface area contributed by atoms with Crippen molar-refractivity contribution < 1.29 is 34.2 Å². The first-order valence-electron chi connectivity index (χ1n) is 12.8. The molecule has 40 heavy (non-hydrogen) atoms. The maximum atomic E-state index is 13.3. The molecule has 1 heterocycles. The number of carbonyl (C=O) groups is 5. The average molecular weight is 560 g/mol. The molecule has 0 spiro atoms. The van der Waals surface area contributed by atoms with Crippen LogP contribution in [0.4, 0.5) is 0 Å². The SMILES string of the molecule is CC(C)CC(NC(=O)C(CCC(N)=O)NC(=O)C(Cc1cnc[nH]1)NC(=O)C(N)Cc1ccc(O)cc1)C(=O)O. The molecule has 4 atom stereocenters. The van der Waals surface area contributed by atoms with Crippen molar-refractivity contribution in [3.63, 3.8) is 0 Å². The second-order valence-corrected chi connectivity index (χ2v) is 9.91. The van der Waals surface area contributed by atoms with Gasteiger partial charge in [0, 0.05) is 24.7 Å². The van der Waals surface area contributed by atoms with E-state index in [1.54, 1.807) is 26.0 Å². The Morgan fingerprint density at radius 3 is 2.08 bits per heavy atom. The number of phenolic OH excluding ortho intramolecular Hbond substituents is 1. The number of nitrogens with one attached hydrogen (secondary N) is 4. The Kier molecular flexibility index (Phi) is 12.1. The molecule has 10 N–H and O–H groups in total. The van der Waals surface area contributed by atoms with E-state index in [1.165, 1.54) is 24.7 Å². The number of rotatable bonds is 16. The van der Waals surface area contributed by atoms with Crippen molar-refractivity contribution in [2.75, 3.05) is 0 Å². The van der Waals surface area contributed by atoms with Crippen LogP contribution >= 0.6 is 0 Å². The fourth-order valence-electron chi connectivity index (χ4n) is 3.88. The Morgan fingerprint density at radius 2 is 1.52 bits per heavy atom. The van der Waals surface area contributed by atoms with Crippen LogP contribution in [0.3, 0.4) is 0 Å². The minimum absolute atomic E-state index is 0.0290. The number of hydrogen-bond acceptors (Lipinski definition) is 8. The van der Waals surface area contributed by atoms with Crippen LogP contribution < -0.4 is 27.4 Å². The van der Waals surface area contributed by atoms with Gasteiger partial charge in [-0.2, -0.15) is 0 Å². The van der Waals surface area contributed by atoms with Gasteiger partial charge >= 0.3 is 5.97 Å². The summed E-state index contributed by atoms with van der Waals surface area (Å²) in [6, 6.07) is 1.39. The topological polar surface area (TPSA) is 243 Å². The van der Waals surface area contributed by atoms with Crippen molar-refractivity contribution in [1.29, 1.82) is 0 Å². The molecule has 0 saturated carbocycles. The number of carbonyl (C=O) groups excluding carboxylic acids is 4. The number of aromatic nitrogens is 2. The second-order valence-electron chi connectivity index (χ2n) is 9.91. The minimum atomic E-state index is -1.30. The second kappa shape index (κ2) is 15.2. The molecule has 4 unspecified atom stereocenters. The van der Waals surface area contributed by atoms with Crippen LogP contribution in [-0.2, 0) is 36.8 Å². The van der Waals surface area contributed by atoms with Crippen LogP contribution in [0.1, 0.15) is 44.4 Å². The molecular weight excluding hydrogens is 522 g/mol. The lowest BCUT2D eigenvalue weighted by Gasteiger charge is -2.25. The summed E-state index contributed by atoms with van der Waals surface area (Å²) in [5.41, 5.74) is 12.5. The summed E-state index contributed by atoms with van der Waals surface area (Å²) in [6.07, 6.45) is 2.66. The van der Waals surface area contributed by atoms with Gasteiger partial charge in [0.15, 0.2) is 0 Å². The summed E-state index contributed by atoms with van der Waals surface area (Å²) < 4.78 is 0. The predicted octanol–water partition coefficient (Wildman–Crippen LogP) is -0.922. The molecule has 4 amide bonds. The Labute approximate surface area is 231 Å². The lowest BCUT2D eigenvalue weighted by Crippen LogP contribution is -2.58. The summed E-state index contributed by atoms with van der Waals surface area (Å²) in [4.78, 5) is 69.1. The molecule has 2 aromatic rings. The number of H-pyrrole nitrogens is 1. The monoisotopic (exact) mass is 559 g/mol. The first kappa shape index (κ1) is 31.8. The van der Waals surface area contributed by atoms with Crippen LogP contribution in [0.25, 0.3) is 0 Å². The number of nitrogens with two attached hydrogens (primary N) is 2. The number of aromatic hydroxyl groups is 1. The standard InChI is InChI=1S/C26H37N7O7/c1-14(2)9-21(26(39)40)33-24(37)19(7-8-22(28)35)31-25(38)20(11-16-12-29-13-30-16)32-23(36)18(27)10-15-3-5-17(34)6-4-15/h3-6,12-14,18-21,34H,7-11,27H2,1-2H3,(H2,28,35)(H,29,30)(H,31,38)(H,32,36)(H,33,37)(H,39,40). The third-order valence-corrected chi connectivity index (χ3v) is 5.97. The highest BCUT2D eigenvalue weighted by atomic mass is 16.4. The first-order chi connectivity index (χ1) is 18.8. The van der Waals surface area contributed by atoms with Gasteiger partial charge in [-0.15, -0.1) is 0 Å². The maximum Gasteiger partial charge on any atom is 0.326 e. The van der Waals surface area contributed by atoms with Crippen LogP contribution in [-0.4, -0.2) is 73.9 Å². The van der Waals surface area contributed by atoms with Crippen LogP contribution in [0.5, 0.6) is 5.75 Å². The lowest BCUT2D eigenvalue weighted by atomic mass is 10.0. The van der Waals surface area contributed by atoms with Gasteiger partial charge in [0.2, 0.25) is 23.6 Å². The maximum absolute atomic E-state index is 13.3. The summed E-state index contributed by atoms with van der Waals surface area (Å²) in [5, 5.41) is 26.5. The zero-order valence-corrected chi connectivity index (χ0v) is 22.4. The zero-order chi connectivity index (χ0) is 29.8. The molecule has 0 aliphatic carbocycles. The number of carboxylic acid groups (broad SMARTS) is 1. The summed E-state index contributed by atoms with van der Waals surface area (Å²) >= 11 is 0. The van der Waals surface area contributed by atoms with E-state index in [2.05, 4.69) is 25.9 Å². The van der Waals surface area contributed by atoms with Gasteiger partial charge in [0.1, 0.15) is 23.9 Å². The third kappa shape index (κ3) is 10.7. The van der Waals surface area contributed by atoms with Crippen molar-refractivity contribution >= 4 is 29.6 Å². The van der Waals surface area contributed by atoms with Gasteiger partial charge < -0.3 is 42.6 Å². The number of primary amides is 1. The number of imidazole rings is 1. The van der Waals surface area contributed by atoms with Crippen molar-refractivity contribution in [3.05, 3.63) is 48.0 Å². The summed E-state index contributed by atoms with van der Waals surface area (Å²) in [5.74, 6) is -4.15. The smallest absolute Gasteiger partial charge is 0.326 e. The molecule has 0 saturated heterocycles. The third-order valence-electron chi connectivity index (χ3n) is 5.97. The molecule has 1 aromatic heterocycles. The van der Waals surface area contributed by atoms with E-state index >= 15 is 0 Å². The molecule has 14 nitrogen and oxygen atoms in total. The quantitative estimate of drug-likeness (QED) is 0.127. The zero-order valence-electron chi connectivity index (χ0n) is 22.4. The number of phenols is 1. The number of aromatic amines is 1. The van der Waals surface area contributed by atoms with Crippen molar-refractivity contribution in [2.24, 2.45) is 17.4 Å². The van der Waals surface area contributed by atoms with Gasteiger partial charge in [0.25, 0.3) is 0 Å². The van der Waals surface area contributed by atoms with Crippen molar-refractivity contribution in [2.45, 2.75) is 70.1 Å². The van der Waals surface area contributed by atoms with E-state index in [1.807, 2.05) is 0 Å². The van der Waals surface area contributed by atoms with Gasteiger partial charge in [-0.05, 0) is 42.9 Å². The summed E-state index contributed by atoms with van der Waals surface area (Å²) in [6.45, 7) is 3.59. The molecule has 0 aliphatic rings. The molecule has 0 aliphatic heterocycles. The highest BCUT2D eigenvalue weighted by Crippen LogP contribution is 2.12. The number of hydrogen-bond donors (Lipinski definition) is 8. The van der Waals surface area contributed by atoms with Crippen LogP contribution in [0.15, 0.2) is 36.8 Å². The average Bonchev–Trinajstić information content (AvgIpc) is 3.39. The fraction of sp³-hybridized carbons (Fsp3) is 0.462. The number of amides is 4. The van der Waals surface area contributed by atoms with E-state index in [0.29, 0.717) is 11.3 Å². The van der Waals surface area contributed by atoms with Gasteiger partial charge in [-0.1, -0.05) is 26.0 Å². The van der Waals surface area contributed by atoms with Crippen LogP contribution in [0.2, 0.25) is 0 Å². The van der Waals surface area contributed by atoms with E-state index in [-0.39, 0.29) is 43.8 Å². The Hall–Kier alpha value is -4.46. The van der Waals surface area contributed by atoms with Gasteiger partial charge in [-0.25, -0.2) is 9.78 Å². The molecule has 2 rings (SSSR count). The molecule has 0 radical (unpaired) electrons. The van der Waals surface area contributed by atoms with Crippen molar-refractivity contribution in [3.8, 4) is 5.75 Å². The fourth-order valence-corrected chi connectivity index (χ4v) is 3.88. The Morgan fingerprint density at radius 1 is 0.925 bits per heavy atom. The van der Waals surface area contributed by atoms with Gasteiger partial charge in [0.05, 0.1) is 12.4 Å². The Balaban J connectivity index is 2.19. The van der Waals surface area contributed by atoms with Gasteiger partial charge in [-0.3, -0.25) is 19.2 Å². The highest BCUT2D eigenvalue weighted by Gasteiger charge is 2.31. The number of aliphatic carboxylic acids is 1. The van der Waals surface area contributed by atoms with E-state index < -0.39 is 53.8 Å². The van der Waals surface area contributed by atoms with E-state index in [4.69, 9.17) is 11.5 Å². The summed E-state index contributed by atoms with van der Waals surface area (Å²) in [7, 11) is 0. The Bertz CT molecular complexity index is 1150. The first-order valence-corrected chi connectivity index (χ1v) is 12.8. The molecule has 0 bridgehead atoms. The molecule has 1 aromatic carbocycles.